The average molecular weight is 413 g/mol. The molecule has 0 spiro atoms. The van der Waals surface area contributed by atoms with E-state index in [2.05, 4.69) is 10.6 Å². The Labute approximate surface area is 174 Å². The summed E-state index contributed by atoms with van der Waals surface area (Å²) in [6.07, 6.45) is 0.510. The second-order valence-electron chi connectivity index (χ2n) is 7.13. The van der Waals surface area contributed by atoms with Crippen LogP contribution in [0.3, 0.4) is 0 Å². The van der Waals surface area contributed by atoms with Crippen molar-refractivity contribution in [1.82, 2.24) is 15.5 Å². The molecule has 0 bridgehead atoms. The lowest BCUT2D eigenvalue weighted by molar-refractivity contribution is -0.134. The first-order chi connectivity index (χ1) is 14.3. The number of halogens is 1. The van der Waals surface area contributed by atoms with Gasteiger partial charge >= 0.3 is 6.03 Å². The van der Waals surface area contributed by atoms with Crippen LogP contribution in [0, 0.1) is 5.82 Å². The molecule has 0 saturated carbocycles. The van der Waals surface area contributed by atoms with Gasteiger partial charge in [0.25, 0.3) is 5.91 Å². The first kappa shape index (κ1) is 21.3. The summed E-state index contributed by atoms with van der Waals surface area (Å²) in [6.45, 7) is 3.94. The van der Waals surface area contributed by atoms with Crippen LogP contribution >= 0.6 is 0 Å². The summed E-state index contributed by atoms with van der Waals surface area (Å²) in [4.78, 5) is 38.4. The zero-order valence-electron chi connectivity index (χ0n) is 16.9. The van der Waals surface area contributed by atoms with Gasteiger partial charge in [0, 0.05) is 6.54 Å². The van der Waals surface area contributed by atoms with Crippen molar-refractivity contribution in [2.45, 2.75) is 25.8 Å². The Balaban J connectivity index is 1.58. The van der Waals surface area contributed by atoms with E-state index < -0.39 is 23.4 Å². The summed E-state index contributed by atoms with van der Waals surface area (Å²) < 4.78 is 18.3. The molecule has 1 fully saturated rings. The van der Waals surface area contributed by atoms with E-state index >= 15 is 0 Å². The van der Waals surface area contributed by atoms with Crippen molar-refractivity contribution in [3.63, 3.8) is 0 Å². The van der Waals surface area contributed by atoms with Crippen LogP contribution in [0.2, 0.25) is 0 Å². The molecule has 30 heavy (non-hydrogen) atoms. The third-order valence-corrected chi connectivity index (χ3v) is 4.97. The second kappa shape index (κ2) is 8.94. The highest BCUT2D eigenvalue weighted by atomic mass is 19.1. The summed E-state index contributed by atoms with van der Waals surface area (Å²) in [7, 11) is 0. The largest absolute Gasteiger partial charge is 0.494 e. The highest BCUT2D eigenvalue weighted by Crippen LogP contribution is 2.29. The fourth-order valence-corrected chi connectivity index (χ4v) is 3.28. The molecule has 1 atom stereocenters. The lowest BCUT2D eigenvalue weighted by Gasteiger charge is -2.22. The summed E-state index contributed by atoms with van der Waals surface area (Å²) in [5.74, 6) is -0.599. The monoisotopic (exact) mass is 413 g/mol. The van der Waals surface area contributed by atoms with E-state index in [9.17, 15) is 18.8 Å². The molecule has 1 saturated heterocycles. The van der Waals surface area contributed by atoms with Gasteiger partial charge in [0.1, 0.15) is 23.7 Å². The van der Waals surface area contributed by atoms with E-state index in [1.54, 1.807) is 43.3 Å². The first-order valence-corrected chi connectivity index (χ1v) is 9.72. The number of carbonyl (C=O) groups is 3. The van der Waals surface area contributed by atoms with Gasteiger partial charge in [-0.3, -0.25) is 14.5 Å². The lowest BCUT2D eigenvalue weighted by Crippen LogP contribution is -2.43. The first-order valence-electron chi connectivity index (χ1n) is 9.72. The normalized spacial score (nSPS) is 18.3. The Bertz CT molecular complexity index is 930. The van der Waals surface area contributed by atoms with E-state index in [0.717, 1.165) is 10.5 Å². The van der Waals surface area contributed by atoms with Gasteiger partial charge in [-0.05, 0) is 55.7 Å². The average Bonchev–Trinajstić information content (AvgIpc) is 2.94. The van der Waals surface area contributed by atoms with Crippen LogP contribution in [-0.2, 0) is 21.5 Å². The molecular weight excluding hydrogens is 389 g/mol. The fraction of sp³-hybridized carbons (Fsp3) is 0.318. The Morgan fingerprint density at radius 1 is 1.13 bits per heavy atom. The molecule has 4 amide bonds. The van der Waals surface area contributed by atoms with Gasteiger partial charge < -0.3 is 15.4 Å². The SMILES string of the molecule is CCOc1ccc([C@]2(C)NC(=O)N(CC(=O)NCCc3ccc(F)cc3)C2=O)cc1. The van der Waals surface area contributed by atoms with Crippen molar-refractivity contribution < 1.29 is 23.5 Å². The molecule has 0 unspecified atom stereocenters. The van der Waals surface area contributed by atoms with Crippen LogP contribution in [0.5, 0.6) is 5.75 Å². The Morgan fingerprint density at radius 2 is 1.80 bits per heavy atom. The number of hydrogen-bond acceptors (Lipinski definition) is 4. The van der Waals surface area contributed by atoms with Gasteiger partial charge in [-0.15, -0.1) is 0 Å². The third kappa shape index (κ3) is 4.59. The van der Waals surface area contributed by atoms with Crippen molar-refractivity contribution >= 4 is 17.8 Å². The maximum atomic E-state index is 12.9. The predicted octanol–water partition coefficient (Wildman–Crippen LogP) is 2.35. The van der Waals surface area contributed by atoms with E-state index in [1.165, 1.54) is 12.1 Å². The van der Waals surface area contributed by atoms with Crippen LogP contribution < -0.4 is 15.4 Å². The van der Waals surface area contributed by atoms with Gasteiger partial charge in [0.05, 0.1) is 6.61 Å². The molecule has 1 aliphatic heterocycles. The van der Waals surface area contributed by atoms with Crippen LogP contribution in [-0.4, -0.2) is 42.4 Å². The number of hydrogen-bond donors (Lipinski definition) is 2. The number of nitrogens with zero attached hydrogens (tertiary/aromatic N) is 1. The van der Waals surface area contributed by atoms with Crippen molar-refractivity contribution in [2.24, 2.45) is 0 Å². The summed E-state index contributed by atoms with van der Waals surface area (Å²) in [5.41, 5.74) is 0.217. The van der Waals surface area contributed by atoms with Gasteiger partial charge in [0.2, 0.25) is 5.91 Å². The standard InChI is InChI=1S/C22H24FN3O4/c1-3-30-18-10-6-16(7-11-18)22(2)20(28)26(21(29)25-22)14-19(27)24-13-12-15-4-8-17(23)9-5-15/h4-11H,3,12-14H2,1-2H3,(H,24,27)(H,25,29)/t22-/m0/s1. The van der Waals surface area contributed by atoms with Crippen LogP contribution in [0.1, 0.15) is 25.0 Å². The van der Waals surface area contributed by atoms with E-state index in [4.69, 9.17) is 4.74 Å². The maximum Gasteiger partial charge on any atom is 0.325 e. The number of amides is 4. The minimum absolute atomic E-state index is 0.310. The molecule has 0 radical (unpaired) electrons. The molecule has 2 aromatic carbocycles. The van der Waals surface area contributed by atoms with Gasteiger partial charge in [0.15, 0.2) is 0 Å². The Kier molecular flexibility index (Phi) is 6.34. The molecule has 0 aromatic heterocycles. The predicted molar refractivity (Wildman–Crippen MR) is 108 cm³/mol. The molecule has 3 rings (SSSR count). The van der Waals surface area contributed by atoms with Gasteiger partial charge in [-0.25, -0.2) is 9.18 Å². The zero-order valence-corrected chi connectivity index (χ0v) is 16.9. The number of nitrogens with one attached hydrogen (secondary N) is 2. The summed E-state index contributed by atoms with van der Waals surface area (Å²) >= 11 is 0. The highest BCUT2D eigenvalue weighted by Gasteiger charge is 2.49. The summed E-state index contributed by atoms with van der Waals surface area (Å²) in [5, 5.41) is 5.35. The van der Waals surface area contributed by atoms with Crippen molar-refractivity contribution in [1.29, 1.82) is 0 Å². The summed E-state index contributed by atoms with van der Waals surface area (Å²) in [6, 6.07) is 12.3. The second-order valence-corrected chi connectivity index (χ2v) is 7.13. The van der Waals surface area contributed by atoms with Crippen LogP contribution in [0.15, 0.2) is 48.5 Å². The number of imide groups is 1. The fourth-order valence-electron chi connectivity index (χ4n) is 3.28. The molecule has 1 heterocycles. The number of carbonyl (C=O) groups excluding carboxylic acids is 3. The number of rotatable bonds is 8. The lowest BCUT2D eigenvalue weighted by atomic mass is 9.92. The van der Waals surface area contributed by atoms with E-state index in [0.29, 0.717) is 30.9 Å². The van der Waals surface area contributed by atoms with Crippen molar-refractivity contribution in [3.8, 4) is 5.75 Å². The van der Waals surface area contributed by atoms with Gasteiger partial charge in [-0.1, -0.05) is 24.3 Å². The number of urea groups is 1. The molecule has 158 valence electrons. The van der Waals surface area contributed by atoms with Crippen molar-refractivity contribution in [3.05, 3.63) is 65.5 Å². The molecule has 2 N–H and O–H groups in total. The highest BCUT2D eigenvalue weighted by molar-refractivity contribution is 6.09. The molecular formula is C22H24FN3O4. The molecule has 2 aromatic rings. The van der Waals surface area contributed by atoms with Gasteiger partial charge in [-0.2, -0.15) is 0 Å². The minimum Gasteiger partial charge on any atom is -0.494 e. The maximum absolute atomic E-state index is 12.9. The number of ether oxygens (including phenoxy) is 1. The molecule has 0 aliphatic carbocycles. The van der Waals surface area contributed by atoms with Crippen LogP contribution in [0.4, 0.5) is 9.18 Å². The quantitative estimate of drug-likeness (QED) is 0.651. The van der Waals surface area contributed by atoms with E-state index in [1.807, 2.05) is 6.92 Å². The Hall–Kier alpha value is -3.42. The number of benzene rings is 2. The van der Waals surface area contributed by atoms with E-state index in [-0.39, 0.29) is 12.4 Å². The minimum atomic E-state index is -1.25. The van der Waals surface area contributed by atoms with Crippen LogP contribution in [0.25, 0.3) is 0 Å². The smallest absolute Gasteiger partial charge is 0.325 e. The molecule has 1 aliphatic rings. The zero-order chi connectivity index (χ0) is 21.7. The Morgan fingerprint density at radius 3 is 2.43 bits per heavy atom. The molecule has 8 heteroatoms. The van der Waals surface area contributed by atoms with Crippen molar-refractivity contribution in [2.75, 3.05) is 19.7 Å². The molecule has 7 nitrogen and oxygen atoms in total. The topological polar surface area (TPSA) is 87.7 Å². The third-order valence-electron chi connectivity index (χ3n) is 4.97.